The topological polar surface area (TPSA) is 61.9 Å². The van der Waals surface area contributed by atoms with Gasteiger partial charge in [-0.15, -0.1) is 0 Å². The molecule has 2 amide bonds. The molecule has 6 fully saturated rings. The van der Waals surface area contributed by atoms with Gasteiger partial charge in [-0.25, -0.2) is 0 Å². The zero-order chi connectivity index (χ0) is 24.5. The average Bonchev–Trinajstić information content (AvgIpc) is 2.90. The lowest BCUT2D eigenvalue weighted by Gasteiger charge is -2.55. The molecule has 0 atom stereocenters. The summed E-state index contributed by atoms with van der Waals surface area (Å²) < 4.78 is 5.45. The number of piperidine rings is 1. The molecule has 196 valence electrons. The molecule has 6 nitrogen and oxygen atoms in total. The Kier molecular flexibility index (Phi) is 7.09. The van der Waals surface area contributed by atoms with Crippen LogP contribution >= 0.6 is 0 Å². The maximum atomic E-state index is 13.2. The number of hydrogen-bond donors (Lipinski definition) is 1. The Morgan fingerprint density at radius 3 is 2.11 bits per heavy atom. The zero-order valence-corrected chi connectivity index (χ0v) is 21.8. The molecular formula is C30H43N3O3. The number of likely N-dealkylation sites (tertiary alicyclic amines) is 1. The first-order valence-corrected chi connectivity index (χ1v) is 14.5. The predicted molar refractivity (Wildman–Crippen MR) is 139 cm³/mol. The monoisotopic (exact) mass is 493 g/mol. The lowest BCUT2D eigenvalue weighted by Crippen LogP contribution is -2.53. The van der Waals surface area contributed by atoms with E-state index >= 15 is 0 Å². The molecule has 2 heterocycles. The maximum absolute atomic E-state index is 13.2. The van der Waals surface area contributed by atoms with Gasteiger partial charge in [0.2, 0.25) is 5.91 Å². The van der Waals surface area contributed by atoms with E-state index in [0.29, 0.717) is 6.54 Å². The Morgan fingerprint density at radius 1 is 0.889 bits per heavy atom. The minimum atomic E-state index is -0.0982. The molecule has 0 radical (unpaired) electrons. The van der Waals surface area contributed by atoms with Crippen LogP contribution in [0.4, 0.5) is 0 Å². The summed E-state index contributed by atoms with van der Waals surface area (Å²) in [5.74, 6) is 3.48. The average molecular weight is 494 g/mol. The third kappa shape index (κ3) is 5.22. The van der Waals surface area contributed by atoms with Gasteiger partial charge < -0.3 is 15.0 Å². The van der Waals surface area contributed by atoms with Crippen molar-refractivity contribution in [2.45, 2.75) is 64.3 Å². The summed E-state index contributed by atoms with van der Waals surface area (Å²) in [7, 11) is 0. The van der Waals surface area contributed by atoms with Crippen LogP contribution in [0.2, 0.25) is 0 Å². The van der Waals surface area contributed by atoms with Crippen molar-refractivity contribution in [1.29, 1.82) is 0 Å². The molecule has 0 spiro atoms. The molecule has 1 aromatic carbocycles. The molecule has 1 aromatic rings. The summed E-state index contributed by atoms with van der Waals surface area (Å²) in [5, 5.41) is 3.26. The van der Waals surface area contributed by atoms with E-state index in [2.05, 4.69) is 10.2 Å². The normalized spacial score (nSPS) is 32.6. The summed E-state index contributed by atoms with van der Waals surface area (Å²) in [6.07, 6.45) is 10.8. The van der Waals surface area contributed by atoms with Crippen molar-refractivity contribution < 1.29 is 14.3 Å². The van der Waals surface area contributed by atoms with Crippen LogP contribution in [0, 0.1) is 29.1 Å². The van der Waals surface area contributed by atoms with Crippen LogP contribution < -0.4 is 5.32 Å². The third-order valence-electron chi connectivity index (χ3n) is 10.0. The summed E-state index contributed by atoms with van der Waals surface area (Å²) in [6.45, 7) is 7.26. The number of benzene rings is 1. The molecule has 36 heavy (non-hydrogen) atoms. The van der Waals surface area contributed by atoms with E-state index in [9.17, 15) is 9.59 Å². The van der Waals surface area contributed by atoms with Crippen molar-refractivity contribution >= 4 is 11.8 Å². The SMILES string of the molecule is O=C(c1ccc(CNC(=O)C23CC4CC(CC(C4)C2)C3)cc1)N1CCC(CCN2CCOCC2)CC1. The van der Waals surface area contributed by atoms with E-state index in [-0.39, 0.29) is 17.2 Å². The molecule has 6 heteroatoms. The smallest absolute Gasteiger partial charge is 0.253 e. The number of rotatable bonds is 7. The fraction of sp³-hybridized carbons (Fsp3) is 0.733. The Bertz CT molecular complexity index is 896. The molecule has 6 aliphatic rings. The first-order valence-electron chi connectivity index (χ1n) is 14.5. The van der Waals surface area contributed by atoms with Crippen molar-refractivity contribution in [2.75, 3.05) is 45.9 Å². The molecule has 4 aliphatic carbocycles. The van der Waals surface area contributed by atoms with Crippen LogP contribution in [0.25, 0.3) is 0 Å². The van der Waals surface area contributed by atoms with Gasteiger partial charge >= 0.3 is 0 Å². The second kappa shape index (κ2) is 10.4. The quantitative estimate of drug-likeness (QED) is 0.622. The third-order valence-corrected chi connectivity index (χ3v) is 10.0. The highest BCUT2D eigenvalue weighted by Gasteiger charge is 2.54. The minimum absolute atomic E-state index is 0.0982. The lowest BCUT2D eigenvalue weighted by atomic mass is 9.49. The number of amides is 2. The van der Waals surface area contributed by atoms with E-state index < -0.39 is 0 Å². The van der Waals surface area contributed by atoms with Crippen LogP contribution in [0.1, 0.15) is 73.7 Å². The van der Waals surface area contributed by atoms with E-state index in [1.54, 1.807) is 0 Å². The van der Waals surface area contributed by atoms with Gasteiger partial charge in [-0.05, 0) is 106 Å². The standard InChI is InChI=1S/C30H43N3O3/c34-28(33-9-6-22(7-10-33)5-8-32-11-13-36-14-12-32)27-3-1-23(2-4-27)21-31-29(35)30-18-24-15-25(19-30)17-26(16-24)20-30/h1-4,22,24-26H,5-21H2,(H,31,35). The number of carbonyl (C=O) groups excluding carboxylic acids is 2. The molecule has 4 saturated carbocycles. The van der Waals surface area contributed by atoms with Crippen LogP contribution in [0.5, 0.6) is 0 Å². The number of carbonyl (C=O) groups is 2. The Hall–Kier alpha value is -1.92. The van der Waals surface area contributed by atoms with Gasteiger partial charge in [0.15, 0.2) is 0 Å². The van der Waals surface area contributed by atoms with Gasteiger partial charge in [-0.2, -0.15) is 0 Å². The van der Waals surface area contributed by atoms with Crippen molar-refractivity contribution in [3.63, 3.8) is 0 Å². The number of morpholine rings is 1. The minimum Gasteiger partial charge on any atom is -0.379 e. The second-order valence-corrected chi connectivity index (χ2v) is 12.6. The number of nitrogens with one attached hydrogen (secondary N) is 1. The molecule has 7 rings (SSSR count). The van der Waals surface area contributed by atoms with E-state index in [1.807, 2.05) is 29.2 Å². The maximum Gasteiger partial charge on any atom is 0.253 e. The molecule has 1 N–H and O–H groups in total. The first kappa shape index (κ1) is 24.4. The predicted octanol–water partition coefficient (Wildman–Crippen LogP) is 4.09. The van der Waals surface area contributed by atoms with Crippen molar-refractivity contribution in [1.82, 2.24) is 15.1 Å². The van der Waals surface area contributed by atoms with Crippen molar-refractivity contribution in [3.05, 3.63) is 35.4 Å². The lowest BCUT2D eigenvalue weighted by molar-refractivity contribution is -0.146. The molecular weight excluding hydrogens is 450 g/mol. The van der Waals surface area contributed by atoms with E-state index in [4.69, 9.17) is 4.74 Å². The highest BCUT2D eigenvalue weighted by Crippen LogP contribution is 2.60. The van der Waals surface area contributed by atoms with Gasteiger partial charge in [0, 0.05) is 43.7 Å². The highest BCUT2D eigenvalue weighted by molar-refractivity contribution is 5.94. The Morgan fingerprint density at radius 2 is 1.50 bits per heavy atom. The van der Waals surface area contributed by atoms with Gasteiger partial charge in [0.1, 0.15) is 0 Å². The van der Waals surface area contributed by atoms with Gasteiger partial charge in [-0.3, -0.25) is 14.5 Å². The second-order valence-electron chi connectivity index (χ2n) is 12.6. The van der Waals surface area contributed by atoms with Crippen LogP contribution in [-0.4, -0.2) is 67.6 Å². The molecule has 4 bridgehead atoms. The van der Waals surface area contributed by atoms with Crippen LogP contribution in [0.15, 0.2) is 24.3 Å². The first-order chi connectivity index (χ1) is 17.6. The summed E-state index contributed by atoms with van der Waals surface area (Å²) >= 11 is 0. The Labute approximate surface area is 216 Å². The number of ether oxygens (including phenoxy) is 1. The largest absolute Gasteiger partial charge is 0.379 e. The summed E-state index contributed by atoms with van der Waals surface area (Å²) in [6, 6.07) is 7.92. The van der Waals surface area contributed by atoms with Gasteiger partial charge in [-0.1, -0.05) is 12.1 Å². The fourth-order valence-corrected chi connectivity index (χ4v) is 8.32. The van der Waals surface area contributed by atoms with Crippen molar-refractivity contribution in [3.8, 4) is 0 Å². The van der Waals surface area contributed by atoms with Gasteiger partial charge in [0.05, 0.1) is 13.2 Å². The Balaban J connectivity index is 0.956. The summed E-state index contributed by atoms with van der Waals surface area (Å²) in [5.41, 5.74) is 1.74. The van der Waals surface area contributed by atoms with E-state index in [0.717, 1.165) is 113 Å². The van der Waals surface area contributed by atoms with E-state index in [1.165, 1.54) is 25.7 Å². The fourth-order valence-electron chi connectivity index (χ4n) is 8.32. The number of hydrogen-bond acceptors (Lipinski definition) is 4. The van der Waals surface area contributed by atoms with Crippen molar-refractivity contribution in [2.24, 2.45) is 29.1 Å². The molecule has 0 unspecified atom stereocenters. The molecule has 2 aliphatic heterocycles. The molecule has 0 aromatic heterocycles. The number of nitrogens with zero attached hydrogens (tertiary/aromatic N) is 2. The van der Waals surface area contributed by atoms with Gasteiger partial charge in [0.25, 0.3) is 5.91 Å². The molecule has 2 saturated heterocycles. The summed E-state index contributed by atoms with van der Waals surface area (Å²) in [4.78, 5) is 30.8. The highest BCUT2D eigenvalue weighted by atomic mass is 16.5. The van der Waals surface area contributed by atoms with Crippen LogP contribution in [0.3, 0.4) is 0 Å². The zero-order valence-electron chi connectivity index (χ0n) is 21.8. The van der Waals surface area contributed by atoms with Crippen LogP contribution in [-0.2, 0) is 16.1 Å².